The Hall–Kier alpha value is -1.89. The smallest absolute Gasteiger partial charge is 0.209 e. The van der Waals surface area contributed by atoms with Gasteiger partial charge in [0.25, 0.3) is 0 Å². The van der Waals surface area contributed by atoms with E-state index in [1.54, 1.807) is 20.4 Å². The van der Waals surface area contributed by atoms with Crippen molar-refractivity contribution in [1.29, 1.82) is 0 Å². The van der Waals surface area contributed by atoms with Crippen LogP contribution in [0.5, 0.6) is 5.75 Å². The van der Waals surface area contributed by atoms with Crippen LogP contribution in [0, 0.1) is 0 Å². The van der Waals surface area contributed by atoms with Crippen molar-refractivity contribution < 1.29 is 19.0 Å². The molecule has 0 bridgehead atoms. The number of oxazole rings is 1. The summed E-state index contributed by atoms with van der Waals surface area (Å²) >= 11 is 0. The van der Waals surface area contributed by atoms with Gasteiger partial charge in [0, 0.05) is 19.2 Å². The van der Waals surface area contributed by atoms with E-state index in [0.717, 1.165) is 11.3 Å². The second-order valence-electron chi connectivity index (χ2n) is 5.15. The molecule has 2 aromatic rings. The molecule has 1 atom stereocenters. The van der Waals surface area contributed by atoms with Crippen molar-refractivity contribution in [2.45, 2.75) is 12.6 Å². The standard InChI is InChI=1S/C16H22N2O4/c1-18(9-13(19)11-20-2)10-16-17-8-15(22-16)12-4-6-14(21-3)7-5-12/h4-8,13,19H,9-11H2,1-3H3. The lowest BCUT2D eigenvalue weighted by Crippen LogP contribution is -2.31. The molecule has 1 aromatic carbocycles. The molecule has 0 radical (unpaired) electrons. The zero-order valence-corrected chi connectivity index (χ0v) is 13.2. The largest absolute Gasteiger partial charge is 0.497 e. The Bertz CT molecular complexity index is 568. The summed E-state index contributed by atoms with van der Waals surface area (Å²) in [5.74, 6) is 2.12. The Kier molecular flexibility index (Phi) is 5.94. The molecule has 1 N–H and O–H groups in total. The summed E-state index contributed by atoms with van der Waals surface area (Å²) in [5, 5.41) is 9.70. The first-order valence-electron chi connectivity index (χ1n) is 7.07. The van der Waals surface area contributed by atoms with Crippen LogP contribution in [-0.4, -0.2) is 55.5 Å². The lowest BCUT2D eigenvalue weighted by molar-refractivity contribution is 0.0404. The van der Waals surface area contributed by atoms with Gasteiger partial charge < -0.3 is 19.0 Å². The molecular formula is C16H22N2O4. The number of likely N-dealkylation sites (N-methyl/N-ethyl adjacent to an activating group) is 1. The van der Waals surface area contributed by atoms with Crippen LogP contribution >= 0.6 is 0 Å². The lowest BCUT2D eigenvalue weighted by Gasteiger charge is -2.18. The highest BCUT2D eigenvalue weighted by atomic mass is 16.5. The van der Waals surface area contributed by atoms with Gasteiger partial charge in [-0.1, -0.05) is 0 Å². The zero-order chi connectivity index (χ0) is 15.9. The van der Waals surface area contributed by atoms with Gasteiger partial charge in [0.2, 0.25) is 5.89 Å². The fourth-order valence-corrected chi connectivity index (χ4v) is 2.17. The number of benzene rings is 1. The minimum Gasteiger partial charge on any atom is -0.497 e. The van der Waals surface area contributed by atoms with E-state index < -0.39 is 6.10 Å². The first kappa shape index (κ1) is 16.5. The average Bonchev–Trinajstić information content (AvgIpc) is 2.95. The molecule has 0 aliphatic rings. The van der Waals surface area contributed by atoms with E-state index >= 15 is 0 Å². The number of methoxy groups -OCH3 is 2. The van der Waals surface area contributed by atoms with Crippen molar-refractivity contribution in [3.05, 3.63) is 36.4 Å². The minimum absolute atomic E-state index is 0.313. The van der Waals surface area contributed by atoms with Gasteiger partial charge in [0.15, 0.2) is 5.76 Å². The SMILES string of the molecule is COCC(O)CN(C)Cc1ncc(-c2ccc(OC)cc2)o1. The summed E-state index contributed by atoms with van der Waals surface area (Å²) in [7, 11) is 5.10. The zero-order valence-electron chi connectivity index (χ0n) is 13.2. The fourth-order valence-electron chi connectivity index (χ4n) is 2.17. The van der Waals surface area contributed by atoms with Gasteiger partial charge in [-0.2, -0.15) is 0 Å². The molecule has 0 spiro atoms. The number of hydrogen-bond acceptors (Lipinski definition) is 6. The number of aliphatic hydroxyl groups excluding tert-OH is 1. The molecule has 2 rings (SSSR count). The molecule has 0 saturated carbocycles. The molecule has 1 heterocycles. The monoisotopic (exact) mass is 306 g/mol. The molecule has 0 saturated heterocycles. The van der Waals surface area contributed by atoms with Gasteiger partial charge in [-0.05, 0) is 31.3 Å². The van der Waals surface area contributed by atoms with Gasteiger partial charge in [-0.25, -0.2) is 4.98 Å². The van der Waals surface area contributed by atoms with E-state index in [1.165, 1.54) is 0 Å². The normalized spacial score (nSPS) is 12.6. The van der Waals surface area contributed by atoms with Crippen molar-refractivity contribution in [3.8, 4) is 17.1 Å². The van der Waals surface area contributed by atoms with E-state index in [0.29, 0.717) is 31.3 Å². The molecule has 0 fully saturated rings. The second-order valence-corrected chi connectivity index (χ2v) is 5.15. The number of aliphatic hydroxyl groups is 1. The van der Waals surface area contributed by atoms with E-state index in [4.69, 9.17) is 13.9 Å². The molecule has 22 heavy (non-hydrogen) atoms. The maximum absolute atomic E-state index is 9.70. The maximum Gasteiger partial charge on any atom is 0.209 e. The predicted octanol–water partition coefficient (Wildman–Crippen LogP) is 1.79. The van der Waals surface area contributed by atoms with Crippen LogP contribution < -0.4 is 4.74 Å². The van der Waals surface area contributed by atoms with Gasteiger partial charge in [-0.15, -0.1) is 0 Å². The average molecular weight is 306 g/mol. The number of hydrogen-bond donors (Lipinski definition) is 1. The highest BCUT2D eigenvalue weighted by molar-refractivity contribution is 5.57. The first-order chi connectivity index (χ1) is 10.6. The third-order valence-corrected chi connectivity index (χ3v) is 3.21. The molecule has 120 valence electrons. The van der Waals surface area contributed by atoms with Gasteiger partial charge in [0.05, 0.1) is 32.6 Å². The molecule has 0 amide bonds. The van der Waals surface area contributed by atoms with Crippen LogP contribution in [0.15, 0.2) is 34.9 Å². The minimum atomic E-state index is -0.522. The van der Waals surface area contributed by atoms with Crippen molar-refractivity contribution in [2.24, 2.45) is 0 Å². The predicted molar refractivity (Wildman–Crippen MR) is 82.7 cm³/mol. The van der Waals surface area contributed by atoms with Crippen molar-refractivity contribution >= 4 is 0 Å². The topological polar surface area (TPSA) is 68.0 Å². The van der Waals surface area contributed by atoms with Crippen LogP contribution in [0.25, 0.3) is 11.3 Å². The van der Waals surface area contributed by atoms with E-state index in [-0.39, 0.29) is 0 Å². The summed E-state index contributed by atoms with van der Waals surface area (Å²) in [4.78, 5) is 6.21. The third-order valence-electron chi connectivity index (χ3n) is 3.21. The highest BCUT2D eigenvalue weighted by Crippen LogP contribution is 2.23. The summed E-state index contributed by atoms with van der Waals surface area (Å²) in [5.41, 5.74) is 0.946. The second kappa shape index (κ2) is 7.93. The molecule has 6 heteroatoms. The number of rotatable bonds is 8. The molecular weight excluding hydrogens is 284 g/mol. The molecule has 1 aromatic heterocycles. The van der Waals surface area contributed by atoms with E-state index in [9.17, 15) is 5.11 Å². The summed E-state index contributed by atoms with van der Waals surface area (Å²) < 4.78 is 15.8. The van der Waals surface area contributed by atoms with Gasteiger partial charge >= 0.3 is 0 Å². The quantitative estimate of drug-likeness (QED) is 0.802. The maximum atomic E-state index is 9.70. The molecule has 6 nitrogen and oxygen atoms in total. The van der Waals surface area contributed by atoms with Crippen molar-refractivity contribution in [2.75, 3.05) is 34.4 Å². The summed E-state index contributed by atoms with van der Waals surface area (Å²) in [6, 6.07) is 7.61. The molecule has 0 aliphatic carbocycles. The fraction of sp³-hybridized carbons (Fsp3) is 0.438. The lowest BCUT2D eigenvalue weighted by atomic mass is 10.2. The van der Waals surface area contributed by atoms with Crippen LogP contribution in [-0.2, 0) is 11.3 Å². The van der Waals surface area contributed by atoms with Crippen LogP contribution in [0.3, 0.4) is 0 Å². The molecule has 1 unspecified atom stereocenters. The van der Waals surface area contributed by atoms with E-state index in [2.05, 4.69) is 4.98 Å². The Morgan fingerprint density at radius 3 is 2.64 bits per heavy atom. The van der Waals surface area contributed by atoms with Crippen molar-refractivity contribution in [1.82, 2.24) is 9.88 Å². The Labute approximate surface area is 130 Å². The number of ether oxygens (including phenoxy) is 2. The number of aromatic nitrogens is 1. The van der Waals surface area contributed by atoms with Gasteiger partial charge in [0.1, 0.15) is 5.75 Å². The Balaban J connectivity index is 1.95. The van der Waals surface area contributed by atoms with Crippen LogP contribution in [0.2, 0.25) is 0 Å². The highest BCUT2D eigenvalue weighted by Gasteiger charge is 2.12. The van der Waals surface area contributed by atoms with Crippen LogP contribution in [0.1, 0.15) is 5.89 Å². The molecule has 0 aliphatic heterocycles. The van der Waals surface area contributed by atoms with Crippen molar-refractivity contribution in [3.63, 3.8) is 0 Å². The third kappa shape index (κ3) is 4.56. The Morgan fingerprint density at radius 1 is 1.27 bits per heavy atom. The Morgan fingerprint density at radius 2 is 2.00 bits per heavy atom. The first-order valence-corrected chi connectivity index (χ1v) is 7.07. The van der Waals surface area contributed by atoms with E-state index in [1.807, 2.05) is 36.2 Å². The summed E-state index contributed by atoms with van der Waals surface area (Å²) in [6.45, 7) is 1.33. The number of nitrogens with zero attached hydrogens (tertiary/aromatic N) is 2. The summed E-state index contributed by atoms with van der Waals surface area (Å²) in [6.07, 6.45) is 1.18. The van der Waals surface area contributed by atoms with Gasteiger partial charge in [-0.3, -0.25) is 4.90 Å². The van der Waals surface area contributed by atoms with Crippen LogP contribution in [0.4, 0.5) is 0 Å².